The lowest BCUT2D eigenvalue weighted by molar-refractivity contribution is 0.0608. The molecular weight excluding hydrogens is 68.0 g/mol. The molecule has 0 aromatic heterocycles. The third-order valence-corrected chi connectivity index (χ3v) is 0.192. The zero-order valence-corrected chi connectivity index (χ0v) is 2.85. The van der Waals surface area contributed by atoms with Crippen molar-refractivity contribution in [3.63, 3.8) is 0 Å². The largest absolute Gasteiger partial charge is 0.476 e. The Kier molecular flexibility index (Phi) is 3.15. The smallest absolute Gasteiger partial charge is 0.185 e. The first-order valence-corrected chi connectivity index (χ1v) is 1.25. The highest BCUT2D eigenvalue weighted by molar-refractivity contribution is 4.44. The molecule has 0 radical (unpaired) electrons. The van der Waals surface area contributed by atoms with E-state index in [1.807, 2.05) is 0 Å². The van der Waals surface area contributed by atoms with Gasteiger partial charge in [0, 0.05) is 0 Å². The van der Waals surface area contributed by atoms with Crippen LogP contribution < -0.4 is 0 Å². The van der Waals surface area contributed by atoms with E-state index in [4.69, 9.17) is 5.11 Å². The Hall–Kier alpha value is -0.500. The van der Waals surface area contributed by atoms with Crippen LogP contribution in [0.25, 0.3) is 0 Å². The fourth-order valence-electron chi connectivity index (χ4n) is 0.0527. The third kappa shape index (κ3) is 3.50. The summed E-state index contributed by atoms with van der Waals surface area (Å²) in [6.45, 7) is 2.89. The van der Waals surface area contributed by atoms with E-state index in [-0.39, 0.29) is 6.79 Å². The summed E-state index contributed by atoms with van der Waals surface area (Å²) < 4.78 is 4.15. The molecule has 0 spiro atoms. The number of hydrogen-bond donors (Lipinski definition) is 1. The van der Waals surface area contributed by atoms with E-state index >= 15 is 0 Å². The first-order valence-electron chi connectivity index (χ1n) is 1.25. The number of aliphatic hydroxyl groups excluding tert-OH is 1. The molecule has 2 heteroatoms. The molecule has 0 aliphatic carbocycles. The highest BCUT2D eigenvalue weighted by Gasteiger charge is 1.56. The second-order valence-corrected chi connectivity index (χ2v) is 0.462. The van der Waals surface area contributed by atoms with E-state index in [1.54, 1.807) is 0 Å². The number of rotatable bonds is 2. The van der Waals surface area contributed by atoms with Crippen molar-refractivity contribution in [2.24, 2.45) is 0 Å². The molecule has 1 N–H and O–H groups in total. The molecule has 0 bridgehead atoms. The van der Waals surface area contributed by atoms with Crippen LogP contribution in [0.3, 0.4) is 0 Å². The summed E-state index contributed by atoms with van der Waals surface area (Å²) in [6.07, 6.45) is 1.18. The van der Waals surface area contributed by atoms with Crippen molar-refractivity contribution in [1.82, 2.24) is 0 Å². The highest BCUT2D eigenvalue weighted by Crippen LogP contribution is 1.61. The third-order valence-electron chi connectivity index (χ3n) is 0.192. The Balaban J connectivity index is 2.40. The maximum atomic E-state index is 7.77. The van der Waals surface area contributed by atoms with Crippen LogP contribution in [-0.4, -0.2) is 11.9 Å². The molecule has 2 nitrogen and oxygen atoms in total. The lowest BCUT2D eigenvalue weighted by Crippen LogP contribution is -1.78. The summed E-state index contributed by atoms with van der Waals surface area (Å²) in [5, 5.41) is 7.77. The van der Waals surface area contributed by atoms with Gasteiger partial charge in [-0.25, -0.2) is 0 Å². The van der Waals surface area contributed by atoms with Crippen molar-refractivity contribution in [2.75, 3.05) is 6.79 Å². The molecule has 0 fully saturated rings. The van der Waals surface area contributed by atoms with Crippen molar-refractivity contribution in [1.29, 1.82) is 0 Å². The van der Waals surface area contributed by atoms with E-state index in [0.29, 0.717) is 0 Å². The van der Waals surface area contributed by atoms with Gasteiger partial charge in [-0.2, -0.15) is 0 Å². The molecule has 0 saturated carbocycles. The zero-order chi connectivity index (χ0) is 4.12. The fraction of sp³-hybridized carbons (Fsp3) is 0.333. The average molecular weight is 74.1 g/mol. The van der Waals surface area contributed by atoms with Gasteiger partial charge in [0.1, 0.15) is 0 Å². The van der Waals surface area contributed by atoms with E-state index < -0.39 is 0 Å². The van der Waals surface area contributed by atoms with Crippen molar-refractivity contribution >= 4 is 0 Å². The predicted octanol–water partition coefficient (Wildman–Crippen LogP) is 0.0963. The van der Waals surface area contributed by atoms with Crippen molar-refractivity contribution in [2.45, 2.75) is 0 Å². The van der Waals surface area contributed by atoms with Crippen LogP contribution in [0.1, 0.15) is 0 Å². The molecule has 0 aliphatic heterocycles. The van der Waals surface area contributed by atoms with E-state index in [0.717, 1.165) is 0 Å². The summed E-state index contributed by atoms with van der Waals surface area (Å²) in [5.41, 5.74) is 0. The number of aliphatic hydroxyl groups is 1. The molecule has 0 aromatic carbocycles. The van der Waals surface area contributed by atoms with Gasteiger partial charge in [0.25, 0.3) is 0 Å². The Bertz CT molecular complexity index is 26.1. The maximum absolute atomic E-state index is 7.77. The second kappa shape index (κ2) is 3.50. The minimum atomic E-state index is -0.274. The van der Waals surface area contributed by atoms with Gasteiger partial charge >= 0.3 is 0 Å². The van der Waals surface area contributed by atoms with Crippen LogP contribution >= 0.6 is 0 Å². The van der Waals surface area contributed by atoms with Gasteiger partial charge < -0.3 is 9.84 Å². The standard InChI is InChI=1S/C3H6O2/c1-2-5-3-4/h2,4H,1,3H2. The SMILES string of the molecule is C=COCO. The summed E-state index contributed by atoms with van der Waals surface area (Å²) in [5.74, 6) is 0. The molecule has 0 saturated heterocycles. The van der Waals surface area contributed by atoms with Gasteiger partial charge in [0.15, 0.2) is 6.79 Å². The highest BCUT2D eigenvalue weighted by atomic mass is 16.6. The average Bonchev–Trinajstić information content (AvgIpc) is 1.41. The molecule has 30 valence electrons. The van der Waals surface area contributed by atoms with E-state index in [1.165, 1.54) is 6.26 Å². The Labute approximate surface area is 30.7 Å². The molecule has 0 rings (SSSR count). The molecule has 0 atom stereocenters. The van der Waals surface area contributed by atoms with Gasteiger partial charge in [-0.3, -0.25) is 0 Å². The van der Waals surface area contributed by atoms with Gasteiger partial charge in [0.05, 0.1) is 6.26 Å². The first-order chi connectivity index (χ1) is 2.41. The zero-order valence-electron chi connectivity index (χ0n) is 2.85. The fourth-order valence-corrected chi connectivity index (χ4v) is 0.0527. The van der Waals surface area contributed by atoms with Crippen LogP contribution in [0, 0.1) is 0 Å². The van der Waals surface area contributed by atoms with E-state index in [2.05, 4.69) is 11.3 Å². The summed E-state index contributed by atoms with van der Waals surface area (Å²) >= 11 is 0. The first kappa shape index (κ1) is 4.50. The van der Waals surface area contributed by atoms with Crippen LogP contribution in [0.15, 0.2) is 12.8 Å². The van der Waals surface area contributed by atoms with Crippen molar-refractivity contribution in [3.05, 3.63) is 12.8 Å². The Morgan fingerprint density at radius 3 is 2.60 bits per heavy atom. The molecule has 5 heavy (non-hydrogen) atoms. The van der Waals surface area contributed by atoms with Gasteiger partial charge in [0.2, 0.25) is 0 Å². The summed E-state index contributed by atoms with van der Waals surface area (Å²) in [7, 11) is 0. The lowest BCUT2D eigenvalue weighted by Gasteiger charge is -1.83. The quantitative estimate of drug-likeness (QED) is 0.371. The minimum Gasteiger partial charge on any atom is -0.476 e. The van der Waals surface area contributed by atoms with Gasteiger partial charge in [-0.1, -0.05) is 6.58 Å². The predicted molar refractivity (Wildman–Crippen MR) is 18.4 cm³/mol. The second-order valence-electron chi connectivity index (χ2n) is 0.462. The van der Waals surface area contributed by atoms with Crippen LogP contribution in [0.2, 0.25) is 0 Å². The molecule has 0 aromatic rings. The van der Waals surface area contributed by atoms with Crippen LogP contribution in [-0.2, 0) is 4.74 Å². The Morgan fingerprint density at radius 1 is 2.00 bits per heavy atom. The Morgan fingerprint density at radius 2 is 2.60 bits per heavy atom. The van der Waals surface area contributed by atoms with Gasteiger partial charge in [-0.15, -0.1) is 0 Å². The maximum Gasteiger partial charge on any atom is 0.185 e. The number of hydrogen-bond acceptors (Lipinski definition) is 2. The van der Waals surface area contributed by atoms with Crippen molar-refractivity contribution < 1.29 is 9.84 Å². The number of ether oxygens (including phenoxy) is 1. The monoisotopic (exact) mass is 74.0 g/mol. The molecule has 0 amide bonds. The topological polar surface area (TPSA) is 29.5 Å². The summed E-state index contributed by atoms with van der Waals surface area (Å²) in [4.78, 5) is 0. The van der Waals surface area contributed by atoms with Gasteiger partial charge in [-0.05, 0) is 0 Å². The molecule has 0 heterocycles. The normalized spacial score (nSPS) is 6.60. The van der Waals surface area contributed by atoms with Crippen molar-refractivity contribution in [3.8, 4) is 0 Å². The van der Waals surface area contributed by atoms with E-state index in [9.17, 15) is 0 Å². The van der Waals surface area contributed by atoms with Crippen LogP contribution in [0.5, 0.6) is 0 Å². The lowest BCUT2D eigenvalue weighted by atomic mass is 11.1. The molecule has 0 unspecified atom stereocenters. The summed E-state index contributed by atoms with van der Waals surface area (Å²) in [6, 6.07) is 0. The molecular formula is C3H6O2. The molecule has 0 aliphatic rings. The van der Waals surface area contributed by atoms with Crippen LogP contribution in [0.4, 0.5) is 0 Å². The minimum absolute atomic E-state index is 0.274.